The fraction of sp³-hybridized carbons (Fsp3) is 0.143. The molecule has 0 spiro atoms. The fourth-order valence-electron chi connectivity index (χ4n) is 1.61. The number of carbonyl (C=O) groups is 1. The van der Waals surface area contributed by atoms with Crippen LogP contribution in [-0.4, -0.2) is 17.9 Å². The highest BCUT2D eigenvalue weighted by molar-refractivity contribution is 6.09. The molecule has 1 aromatic heterocycles. The zero-order chi connectivity index (χ0) is 13.1. The number of pyridine rings is 1. The third-order valence-corrected chi connectivity index (χ3v) is 2.58. The van der Waals surface area contributed by atoms with Crippen molar-refractivity contribution in [2.24, 2.45) is 0 Å². The number of ether oxygens (including phenoxy) is 1. The summed E-state index contributed by atoms with van der Waals surface area (Å²) in [5, 5.41) is 0. The van der Waals surface area contributed by atoms with Crippen molar-refractivity contribution >= 4 is 5.78 Å². The lowest BCUT2D eigenvalue weighted by Gasteiger charge is -2.05. The van der Waals surface area contributed by atoms with Crippen LogP contribution in [0.25, 0.3) is 0 Å². The molecule has 4 heteroatoms. The summed E-state index contributed by atoms with van der Waals surface area (Å²) in [7, 11) is 1.48. The Kier molecular flexibility index (Phi) is 3.37. The zero-order valence-electron chi connectivity index (χ0n) is 10.1. The summed E-state index contributed by atoms with van der Waals surface area (Å²) in [6, 6.07) is 6.05. The number of halogens is 1. The van der Waals surface area contributed by atoms with Gasteiger partial charge in [-0.05, 0) is 30.7 Å². The van der Waals surface area contributed by atoms with Crippen molar-refractivity contribution in [2.45, 2.75) is 6.92 Å². The predicted octanol–water partition coefficient (Wildman–Crippen LogP) is 2.77. The highest BCUT2D eigenvalue weighted by Crippen LogP contribution is 2.17. The van der Waals surface area contributed by atoms with E-state index in [-0.39, 0.29) is 5.56 Å². The Bertz CT molecular complexity index is 596. The second-order valence-corrected chi connectivity index (χ2v) is 3.93. The maximum absolute atomic E-state index is 13.7. The topological polar surface area (TPSA) is 39.2 Å². The maximum Gasteiger partial charge on any atom is 0.197 e. The summed E-state index contributed by atoms with van der Waals surface area (Å²) in [6.45, 7) is 1.77. The Morgan fingerprint density at radius 2 is 2.06 bits per heavy atom. The van der Waals surface area contributed by atoms with Crippen LogP contribution in [0, 0.1) is 12.7 Å². The quantitative estimate of drug-likeness (QED) is 0.780. The average Bonchev–Trinajstić information content (AvgIpc) is 2.38. The molecule has 92 valence electrons. The Morgan fingerprint density at radius 1 is 1.28 bits per heavy atom. The average molecular weight is 245 g/mol. The molecule has 2 rings (SSSR count). The minimum Gasteiger partial charge on any atom is -0.495 e. The highest BCUT2D eigenvalue weighted by Gasteiger charge is 2.14. The van der Waals surface area contributed by atoms with E-state index >= 15 is 0 Å². The molecule has 0 aliphatic rings. The number of aromatic nitrogens is 1. The first-order valence-corrected chi connectivity index (χ1v) is 5.41. The number of rotatable bonds is 3. The molecular weight excluding hydrogens is 233 g/mol. The largest absolute Gasteiger partial charge is 0.495 e. The molecule has 2 aromatic rings. The van der Waals surface area contributed by atoms with Crippen LogP contribution >= 0.6 is 0 Å². The van der Waals surface area contributed by atoms with Gasteiger partial charge in [0.05, 0.1) is 18.9 Å². The summed E-state index contributed by atoms with van der Waals surface area (Å²) in [5.41, 5.74) is 1.11. The molecule has 0 fully saturated rings. The van der Waals surface area contributed by atoms with Gasteiger partial charge in [0, 0.05) is 11.8 Å². The molecule has 0 atom stereocenters. The van der Waals surface area contributed by atoms with E-state index < -0.39 is 11.6 Å². The Balaban J connectivity index is 2.41. The van der Waals surface area contributed by atoms with E-state index in [9.17, 15) is 9.18 Å². The van der Waals surface area contributed by atoms with Crippen molar-refractivity contribution in [3.05, 3.63) is 59.2 Å². The summed E-state index contributed by atoms with van der Waals surface area (Å²) in [5.74, 6) is -0.463. The number of nitrogens with zero attached hydrogens (tertiary/aromatic N) is 1. The number of methoxy groups -OCH3 is 1. The molecule has 18 heavy (non-hydrogen) atoms. The van der Waals surface area contributed by atoms with E-state index in [2.05, 4.69) is 4.98 Å². The fourth-order valence-corrected chi connectivity index (χ4v) is 1.61. The maximum atomic E-state index is 13.7. The van der Waals surface area contributed by atoms with Gasteiger partial charge >= 0.3 is 0 Å². The van der Waals surface area contributed by atoms with Crippen LogP contribution in [0.15, 0.2) is 36.7 Å². The Hall–Kier alpha value is -2.23. The van der Waals surface area contributed by atoms with Gasteiger partial charge in [-0.25, -0.2) is 4.39 Å². The first-order chi connectivity index (χ1) is 8.61. The zero-order valence-corrected chi connectivity index (χ0v) is 10.1. The van der Waals surface area contributed by atoms with E-state index in [4.69, 9.17) is 4.74 Å². The van der Waals surface area contributed by atoms with E-state index in [1.807, 2.05) is 0 Å². The molecule has 1 aromatic carbocycles. The molecular formula is C14H12FNO2. The van der Waals surface area contributed by atoms with Gasteiger partial charge in [0.2, 0.25) is 0 Å². The van der Waals surface area contributed by atoms with Crippen molar-refractivity contribution in [1.82, 2.24) is 4.98 Å². The molecule has 1 heterocycles. The van der Waals surface area contributed by atoms with E-state index in [1.165, 1.54) is 37.7 Å². The SMILES string of the molecule is COc1cncc(C(=O)c2ccc(C)cc2F)c1. The summed E-state index contributed by atoms with van der Waals surface area (Å²) >= 11 is 0. The van der Waals surface area contributed by atoms with Crippen LogP contribution in [0.4, 0.5) is 4.39 Å². The van der Waals surface area contributed by atoms with Crippen molar-refractivity contribution in [1.29, 1.82) is 0 Å². The molecule has 0 N–H and O–H groups in total. The minimum atomic E-state index is -0.525. The third-order valence-electron chi connectivity index (χ3n) is 2.58. The molecule has 0 saturated carbocycles. The molecule has 0 unspecified atom stereocenters. The first kappa shape index (κ1) is 12.2. The number of aryl methyl sites for hydroxylation is 1. The smallest absolute Gasteiger partial charge is 0.197 e. The van der Waals surface area contributed by atoms with Gasteiger partial charge in [0.1, 0.15) is 11.6 Å². The van der Waals surface area contributed by atoms with Gasteiger partial charge < -0.3 is 4.74 Å². The second-order valence-electron chi connectivity index (χ2n) is 3.93. The number of benzene rings is 1. The van der Waals surface area contributed by atoms with Crippen LogP contribution in [0.5, 0.6) is 5.75 Å². The molecule has 0 bridgehead atoms. The summed E-state index contributed by atoms with van der Waals surface area (Å²) in [6.07, 6.45) is 2.88. The van der Waals surface area contributed by atoms with Crippen molar-refractivity contribution < 1.29 is 13.9 Å². The second kappa shape index (κ2) is 4.96. The Morgan fingerprint density at radius 3 is 2.72 bits per heavy atom. The molecule has 0 aliphatic carbocycles. The van der Waals surface area contributed by atoms with Crippen molar-refractivity contribution in [2.75, 3.05) is 7.11 Å². The lowest BCUT2D eigenvalue weighted by Crippen LogP contribution is -2.05. The van der Waals surface area contributed by atoms with Crippen LogP contribution in [0.3, 0.4) is 0 Å². The summed E-state index contributed by atoms with van der Waals surface area (Å²) < 4.78 is 18.7. The van der Waals surface area contributed by atoms with Crippen molar-refractivity contribution in [3.63, 3.8) is 0 Å². The number of ketones is 1. The van der Waals surface area contributed by atoms with Crippen LogP contribution < -0.4 is 4.74 Å². The van der Waals surface area contributed by atoms with Crippen LogP contribution in [-0.2, 0) is 0 Å². The standard InChI is InChI=1S/C14H12FNO2/c1-9-3-4-12(13(15)5-9)14(17)10-6-11(18-2)8-16-7-10/h3-8H,1-2H3. The summed E-state index contributed by atoms with van der Waals surface area (Å²) in [4.78, 5) is 16.0. The third kappa shape index (κ3) is 2.37. The highest BCUT2D eigenvalue weighted by atomic mass is 19.1. The molecule has 0 amide bonds. The van der Waals surface area contributed by atoms with E-state index in [0.29, 0.717) is 11.3 Å². The van der Waals surface area contributed by atoms with Crippen molar-refractivity contribution in [3.8, 4) is 5.75 Å². The molecule has 0 aliphatic heterocycles. The van der Waals surface area contributed by atoms with Gasteiger partial charge in [-0.15, -0.1) is 0 Å². The van der Waals surface area contributed by atoms with Gasteiger partial charge in [0.15, 0.2) is 5.78 Å². The van der Waals surface area contributed by atoms with Gasteiger partial charge in [-0.3, -0.25) is 9.78 Å². The number of carbonyl (C=O) groups excluding carboxylic acids is 1. The molecule has 0 radical (unpaired) electrons. The monoisotopic (exact) mass is 245 g/mol. The Labute approximate surface area is 104 Å². The normalized spacial score (nSPS) is 10.2. The first-order valence-electron chi connectivity index (χ1n) is 5.41. The van der Waals surface area contributed by atoms with E-state index in [0.717, 1.165) is 5.56 Å². The lowest BCUT2D eigenvalue weighted by molar-refractivity contribution is 0.103. The van der Waals surface area contributed by atoms with Gasteiger partial charge in [-0.2, -0.15) is 0 Å². The number of hydrogen-bond donors (Lipinski definition) is 0. The van der Waals surface area contributed by atoms with E-state index in [1.54, 1.807) is 13.0 Å². The van der Waals surface area contributed by atoms with Gasteiger partial charge in [-0.1, -0.05) is 6.07 Å². The van der Waals surface area contributed by atoms with Gasteiger partial charge in [0.25, 0.3) is 0 Å². The number of hydrogen-bond acceptors (Lipinski definition) is 3. The minimum absolute atomic E-state index is 0.0376. The molecule has 3 nitrogen and oxygen atoms in total. The van der Waals surface area contributed by atoms with Crippen LogP contribution in [0.1, 0.15) is 21.5 Å². The predicted molar refractivity (Wildman–Crippen MR) is 65.4 cm³/mol. The van der Waals surface area contributed by atoms with Crippen LogP contribution in [0.2, 0.25) is 0 Å². The molecule has 0 saturated heterocycles. The lowest BCUT2D eigenvalue weighted by atomic mass is 10.0.